The third kappa shape index (κ3) is 3.93. The summed E-state index contributed by atoms with van der Waals surface area (Å²) in [5, 5.41) is 3.32. The Hall–Kier alpha value is -2.14. The standard InChI is InChI=1S/C15H21N5/c1-11(2)15-18-13(10-14(19-15)20-16)17-9-8-12-6-4-3-5-7-12/h3-7,10-11H,8-9,16H2,1-2H3,(H2,17,18,19,20). The first-order valence-corrected chi connectivity index (χ1v) is 6.82. The molecule has 0 aliphatic rings. The monoisotopic (exact) mass is 271 g/mol. The molecule has 2 rings (SSSR count). The minimum Gasteiger partial charge on any atom is -0.370 e. The van der Waals surface area contributed by atoms with E-state index in [0.717, 1.165) is 24.6 Å². The Morgan fingerprint density at radius 1 is 1.10 bits per heavy atom. The van der Waals surface area contributed by atoms with Gasteiger partial charge in [-0.2, -0.15) is 0 Å². The molecule has 1 aromatic carbocycles. The number of nitrogens with one attached hydrogen (secondary N) is 2. The quantitative estimate of drug-likeness (QED) is 0.556. The highest BCUT2D eigenvalue weighted by atomic mass is 15.3. The minimum atomic E-state index is 0.262. The maximum Gasteiger partial charge on any atom is 0.145 e. The van der Waals surface area contributed by atoms with Crippen LogP contribution in [0.5, 0.6) is 0 Å². The predicted octanol–water partition coefficient (Wildman–Crippen LogP) is 2.54. The van der Waals surface area contributed by atoms with Gasteiger partial charge in [-0.3, -0.25) is 0 Å². The summed E-state index contributed by atoms with van der Waals surface area (Å²) in [7, 11) is 0. The maximum absolute atomic E-state index is 5.44. The summed E-state index contributed by atoms with van der Waals surface area (Å²) >= 11 is 0. The molecule has 5 nitrogen and oxygen atoms in total. The molecular weight excluding hydrogens is 250 g/mol. The second-order valence-corrected chi connectivity index (χ2v) is 4.96. The zero-order chi connectivity index (χ0) is 14.4. The van der Waals surface area contributed by atoms with Crippen molar-refractivity contribution >= 4 is 11.6 Å². The number of hydrazine groups is 1. The first-order valence-electron chi connectivity index (χ1n) is 6.82. The van der Waals surface area contributed by atoms with Crippen molar-refractivity contribution in [2.45, 2.75) is 26.2 Å². The van der Waals surface area contributed by atoms with Gasteiger partial charge in [-0.1, -0.05) is 44.2 Å². The van der Waals surface area contributed by atoms with Gasteiger partial charge in [-0.05, 0) is 12.0 Å². The minimum absolute atomic E-state index is 0.262. The summed E-state index contributed by atoms with van der Waals surface area (Å²) < 4.78 is 0. The van der Waals surface area contributed by atoms with Crippen molar-refractivity contribution in [3.63, 3.8) is 0 Å². The number of rotatable bonds is 6. The normalized spacial score (nSPS) is 10.6. The Kier molecular flexibility index (Phi) is 4.90. The van der Waals surface area contributed by atoms with E-state index in [9.17, 15) is 0 Å². The maximum atomic E-state index is 5.44. The first-order chi connectivity index (χ1) is 9.69. The molecule has 2 aromatic rings. The van der Waals surface area contributed by atoms with Crippen molar-refractivity contribution in [2.24, 2.45) is 5.84 Å². The van der Waals surface area contributed by atoms with E-state index in [4.69, 9.17) is 5.84 Å². The summed E-state index contributed by atoms with van der Waals surface area (Å²) in [6.07, 6.45) is 0.952. The van der Waals surface area contributed by atoms with Gasteiger partial charge in [-0.15, -0.1) is 0 Å². The van der Waals surface area contributed by atoms with Crippen molar-refractivity contribution in [2.75, 3.05) is 17.3 Å². The largest absolute Gasteiger partial charge is 0.370 e. The van der Waals surface area contributed by atoms with Gasteiger partial charge in [0.25, 0.3) is 0 Å². The fourth-order valence-electron chi connectivity index (χ4n) is 1.87. The van der Waals surface area contributed by atoms with Gasteiger partial charge in [-0.25, -0.2) is 15.8 Å². The molecule has 0 saturated carbocycles. The van der Waals surface area contributed by atoms with Crippen LogP contribution in [0.15, 0.2) is 36.4 Å². The molecule has 0 radical (unpaired) electrons. The Morgan fingerprint density at radius 3 is 2.45 bits per heavy atom. The molecule has 1 aromatic heterocycles. The van der Waals surface area contributed by atoms with E-state index in [0.29, 0.717) is 5.82 Å². The topological polar surface area (TPSA) is 75.9 Å². The van der Waals surface area contributed by atoms with Crippen LogP contribution in [0.2, 0.25) is 0 Å². The Balaban J connectivity index is 2.00. The highest BCUT2D eigenvalue weighted by Crippen LogP contribution is 2.16. The van der Waals surface area contributed by atoms with Gasteiger partial charge in [0, 0.05) is 18.5 Å². The van der Waals surface area contributed by atoms with Crippen LogP contribution in [0, 0.1) is 0 Å². The van der Waals surface area contributed by atoms with Crippen molar-refractivity contribution in [1.82, 2.24) is 9.97 Å². The number of hydrogen-bond donors (Lipinski definition) is 3. The van der Waals surface area contributed by atoms with E-state index in [2.05, 4.69) is 46.7 Å². The van der Waals surface area contributed by atoms with Gasteiger partial charge < -0.3 is 10.7 Å². The van der Waals surface area contributed by atoms with E-state index < -0.39 is 0 Å². The van der Waals surface area contributed by atoms with Crippen LogP contribution >= 0.6 is 0 Å². The fourth-order valence-corrected chi connectivity index (χ4v) is 1.87. The molecule has 1 heterocycles. The highest BCUT2D eigenvalue weighted by Gasteiger charge is 2.07. The average Bonchev–Trinajstić information content (AvgIpc) is 2.48. The molecule has 0 aliphatic carbocycles. The number of aromatic nitrogens is 2. The first kappa shape index (κ1) is 14.3. The van der Waals surface area contributed by atoms with E-state index in [-0.39, 0.29) is 5.92 Å². The van der Waals surface area contributed by atoms with Crippen LogP contribution in [0.4, 0.5) is 11.6 Å². The fraction of sp³-hybridized carbons (Fsp3) is 0.333. The molecule has 0 unspecified atom stereocenters. The summed E-state index contributed by atoms with van der Waals surface area (Å²) in [5.74, 6) is 7.91. The molecule has 20 heavy (non-hydrogen) atoms. The summed E-state index contributed by atoms with van der Waals surface area (Å²) in [6.45, 7) is 4.94. The van der Waals surface area contributed by atoms with E-state index in [1.165, 1.54) is 5.56 Å². The number of nitrogen functional groups attached to an aromatic ring is 1. The molecule has 4 N–H and O–H groups in total. The molecule has 5 heteroatoms. The van der Waals surface area contributed by atoms with Gasteiger partial charge in [0.05, 0.1) is 0 Å². The zero-order valence-corrected chi connectivity index (χ0v) is 11.9. The van der Waals surface area contributed by atoms with Crippen LogP contribution in [0.25, 0.3) is 0 Å². The number of anilines is 2. The third-order valence-corrected chi connectivity index (χ3v) is 2.97. The SMILES string of the molecule is CC(C)c1nc(NN)cc(NCCc2ccccc2)n1. The van der Waals surface area contributed by atoms with E-state index in [1.807, 2.05) is 24.3 Å². The van der Waals surface area contributed by atoms with Crippen molar-refractivity contribution < 1.29 is 0 Å². The van der Waals surface area contributed by atoms with Crippen LogP contribution in [0.1, 0.15) is 31.2 Å². The summed E-state index contributed by atoms with van der Waals surface area (Å²) in [4.78, 5) is 8.82. The number of nitrogens with zero attached hydrogens (tertiary/aromatic N) is 2. The van der Waals surface area contributed by atoms with Gasteiger partial charge in [0.15, 0.2) is 0 Å². The number of benzene rings is 1. The lowest BCUT2D eigenvalue weighted by atomic mass is 10.1. The lowest BCUT2D eigenvalue weighted by Gasteiger charge is -2.11. The summed E-state index contributed by atoms with van der Waals surface area (Å²) in [6, 6.07) is 12.2. The molecule has 0 fully saturated rings. The molecule has 0 atom stereocenters. The Labute approximate surface area is 119 Å². The molecule has 0 aliphatic heterocycles. The van der Waals surface area contributed by atoms with Gasteiger partial charge >= 0.3 is 0 Å². The Morgan fingerprint density at radius 2 is 1.80 bits per heavy atom. The lowest BCUT2D eigenvalue weighted by Crippen LogP contribution is -2.13. The van der Waals surface area contributed by atoms with Crippen molar-refractivity contribution in [3.05, 3.63) is 47.8 Å². The van der Waals surface area contributed by atoms with Crippen LogP contribution in [-0.2, 0) is 6.42 Å². The number of hydrogen-bond acceptors (Lipinski definition) is 5. The van der Waals surface area contributed by atoms with E-state index in [1.54, 1.807) is 0 Å². The molecule has 0 spiro atoms. The highest BCUT2D eigenvalue weighted by molar-refractivity contribution is 5.47. The van der Waals surface area contributed by atoms with Crippen molar-refractivity contribution in [1.29, 1.82) is 0 Å². The van der Waals surface area contributed by atoms with Crippen molar-refractivity contribution in [3.8, 4) is 0 Å². The second-order valence-electron chi connectivity index (χ2n) is 4.96. The molecular formula is C15H21N5. The third-order valence-electron chi connectivity index (χ3n) is 2.97. The van der Waals surface area contributed by atoms with E-state index >= 15 is 0 Å². The molecule has 0 amide bonds. The summed E-state index contributed by atoms with van der Waals surface area (Å²) in [5.41, 5.74) is 3.88. The predicted molar refractivity (Wildman–Crippen MR) is 82.6 cm³/mol. The molecule has 0 saturated heterocycles. The second kappa shape index (κ2) is 6.86. The smallest absolute Gasteiger partial charge is 0.145 e. The Bertz CT molecular complexity index is 539. The van der Waals surface area contributed by atoms with Gasteiger partial charge in [0.2, 0.25) is 0 Å². The molecule has 106 valence electrons. The van der Waals surface area contributed by atoms with Crippen LogP contribution < -0.4 is 16.6 Å². The van der Waals surface area contributed by atoms with Crippen LogP contribution in [0.3, 0.4) is 0 Å². The molecule has 0 bridgehead atoms. The van der Waals surface area contributed by atoms with Gasteiger partial charge in [0.1, 0.15) is 17.5 Å². The van der Waals surface area contributed by atoms with Crippen LogP contribution in [-0.4, -0.2) is 16.5 Å². The average molecular weight is 271 g/mol. The lowest BCUT2D eigenvalue weighted by molar-refractivity contribution is 0.775. The number of nitrogens with two attached hydrogens (primary N) is 1. The zero-order valence-electron chi connectivity index (χ0n) is 11.9.